The molecule has 0 atom stereocenters. The van der Waals surface area contributed by atoms with Crippen molar-refractivity contribution in [2.45, 2.75) is 23.8 Å². The van der Waals surface area contributed by atoms with Gasteiger partial charge in [-0.05, 0) is 18.6 Å². The highest BCUT2D eigenvalue weighted by Gasteiger charge is 2.33. The van der Waals surface area contributed by atoms with Crippen LogP contribution in [-0.4, -0.2) is 44.5 Å². The number of sulfonamides is 1. The van der Waals surface area contributed by atoms with Gasteiger partial charge in [0.2, 0.25) is 10.0 Å². The maximum absolute atomic E-state index is 13.7. The molecule has 5 N–H and O–H groups in total. The number of nitrogen functional groups attached to an aromatic ring is 1. The maximum Gasteiger partial charge on any atom is 0.241 e. The smallest absolute Gasteiger partial charge is 0.241 e. The second kappa shape index (κ2) is 6.56. The SMILES string of the molecule is CCC(CO)(CO)NS(=O)(=O)c1cc(N)c(OC)c(F)c1. The Morgan fingerprint density at radius 3 is 2.33 bits per heavy atom. The third-order valence-corrected chi connectivity index (χ3v) is 4.75. The van der Waals surface area contributed by atoms with Crippen molar-refractivity contribution in [3.8, 4) is 5.75 Å². The lowest BCUT2D eigenvalue weighted by molar-refractivity contribution is 0.105. The molecule has 0 fully saturated rings. The molecule has 0 bridgehead atoms. The lowest BCUT2D eigenvalue weighted by Crippen LogP contribution is -2.53. The summed E-state index contributed by atoms with van der Waals surface area (Å²) in [5, 5.41) is 18.5. The predicted octanol–water partition coefficient (Wildman–Crippen LogP) is -0.172. The summed E-state index contributed by atoms with van der Waals surface area (Å²) in [5.41, 5.74) is 3.93. The Kier molecular flexibility index (Phi) is 5.51. The Labute approximate surface area is 122 Å². The molecule has 0 saturated heterocycles. The van der Waals surface area contributed by atoms with Gasteiger partial charge >= 0.3 is 0 Å². The normalized spacial score (nSPS) is 12.4. The van der Waals surface area contributed by atoms with Gasteiger partial charge < -0.3 is 20.7 Å². The first-order valence-corrected chi connectivity index (χ1v) is 7.62. The van der Waals surface area contributed by atoms with Crippen molar-refractivity contribution >= 4 is 15.7 Å². The first-order chi connectivity index (χ1) is 9.75. The molecule has 0 amide bonds. The van der Waals surface area contributed by atoms with E-state index in [1.54, 1.807) is 6.92 Å². The van der Waals surface area contributed by atoms with Gasteiger partial charge in [-0.1, -0.05) is 6.92 Å². The largest absolute Gasteiger partial charge is 0.492 e. The Balaban J connectivity index is 3.26. The fourth-order valence-electron chi connectivity index (χ4n) is 1.71. The number of anilines is 1. The van der Waals surface area contributed by atoms with Gasteiger partial charge in [0, 0.05) is 0 Å². The summed E-state index contributed by atoms with van der Waals surface area (Å²) in [6.45, 7) is 0.388. The number of nitrogens with two attached hydrogens (primary N) is 1. The number of aliphatic hydroxyl groups excluding tert-OH is 2. The number of methoxy groups -OCH3 is 1. The van der Waals surface area contributed by atoms with Crippen LogP contribution in [0, 0.1) is 5.82 Å². The summed E-state index contributed by atoms with van der Waals surface area (Å²) in [6, 6.07) is 1.80. The van der Waals surface area contributed by atoms with Gasteiger partial charge in [0.25, 0.3) is 0 Å². The first-order valence-electron chi connectivity index (χ1n) is 6.14. The fraction of sp³-hybridized carbons (Fsp3) is 0.500. The van der Waals surface area contributed by atoms with Crippen LogP contribution in [0.25, 0.3) is 0 Å². The van der Waals surface area contributed by atoms with Crippen molar-refractivity contribution in [1.29, 1.82) is 0 Å². The lowest BCUT2D eigenvalue weighted by Gasteiger charge is -2.29. The molecule has 0 aliphatic heterocycles. The minimum Gasteiger partial charge on any atom is -0.492 e. The summed E-state index contributed by atoms with van der Waals surface area (Å²) in [5.74, 6) is -1.17. The van der Waals surface area contributed by atoms with E-state index in [0.29, 0.717) is 0 Å². The van der Waals surface area contributed by atoms with Crippen LogP contribution in [0.1, 0.15) is 13.3 Å². The van der Waals surface area contributed by atoms with E-state index >= 15 is 0 Å². The molecule has 7 nitrogen and oxygen atoms in total. The van der Waals surface area contributed by atoms with E-state index in [1.807, 2.05) is 0 Å². The second-order valence-corrected chi connectivity index (χ2v) is 6.27. The van der Waals surface area contributed by atoms with Gasteiger partial charge in [0.15, 0.2) is 11.6 Å². The fourth-order valence-corrected chi connectivity index (χ4v) is 3.22. The topological polar surface area (TPSA) is 122 Å². The first kappa shape index (κ1) is 17.6. The molecular formula is C12H19FN2O5S. The molecule has 1 aromatic carbocycles. The summed E-state index contributed by atoms with van der Waals surface area (Å²) in [6.07, 6.45) is 0.146. The van der Waals surface area contributed by atoms with Gasteiger partial charge in [-0.15, -0.1) is 0 Å². The number of rotatable bonds is 7. The maximum atomic E-state index is 13.7. The minimum atomic E-state index is -4.17. The molecule has 0 aliphatic rings. The van der Waals surface area contributed by atoms with Crippen LogP contribution in [0.5, 0.6) is 5.75 Å². The molecule has 0 aromatic heterocycles. The van der Waals surface area contributed by atoms with Gasteiger partial charge in [-0.25, -0.2) is 17.5 Å². The average Bonchev–Trinajstić information content (AvgIpc) is 2.44. The zero-order chi connectivity index (χ0) is 16.3. The zero-order valence-electron chi connectivity index (χ0n) is 11.8. The van der Waals surface area contributed by atoms with Crippen LogP contribution >= 0.6 is 0 Å². The van der Waals surface area contributed by atoms with Crippen LogP contribution in [0.15, 0.2) is 17.0 Å². The highest BCUT2D eigenvalue weighted by Crippen LogP contribution is 2.29. The van der Waals surface area contributed by atoms with Gasteiger partial charge in [0.1, 0.15) is 0 Å². The number of hydrogen-bond acceptors (Lipinski definition) is 6. The molecule has 0 radical (unpaired) electrons. The summed E-state index contributed by atoms with van der Waals surface area (Å²) < 4.78 is 45.1. The number of ether oxygens (including phenoxy) is 1. The second-order valence-electron chi connectivity index (χ2n) is 4.58. The minimum absolute atomic E-state index is 0.146. The van der Waals surface area contributed by atoms with E-state index in [1.165, 1.54) is 7.11 Å². The van der Waals surface area contributed by atoms with Crippen molar-refractivity contribution in [2.75, 3.05) is 26.1 Å². The van der Waals surface area contributed by atoms with Crippen LogP contribution in [-0.2, 0) is 10.0 Å². The molecule has 0 spiro atoms. The third-order valence-electron chi connectivity index (χ3n) is 3.19. The molecule has 9 heteroatoms. The van der Waals surface area contributed by atoms with Crippen LogP contribution in [0.2, 0.25) is 0 Å². The van der Waals surface area contributed by atoms with E-state index in [4.69, 9.17) is 10.5 Å². The van der Waals surface area contributed by atoms with Crippen molar-refractivity contribution in [1.82, 2.24) is 4.72 Å². The van der Waals surface area contributed by atoms with Gasteiger partial charge in [-0.3, -0.25) is 0 Å². The van der Waals surface area contributed by atoms with E-state index in [0.717, 1.165) is 12.1 Å². The summed E-state index contributed by atoms with van der Waals surface area (Å²) in [4.78, 5) is -0.418. The molecule has 0 unspecified atom stereocenters. The van der Waals surface area contributed by atoms with Crippen LogP contribution in [0.3, 0.4) is 0 Å². The molecule has 0 heterocycles. The Bertz CT molecular complexity index is 570. The number of benzene rings is 1. The monoisotopic (exact) mass is 322 g/mol. The molecule has 1 rings (SSSR count). The zero-order valence-corrected chi connectivity index (χ0v) is 12.6. The Morgan fingerprint density at radius 1 is 1.38 bits per heavy atom. The van der Waals surface area contributed by atoms with Crippen molar-refractivity contribution < 1.29 is 27.8 Å². The third kappa shape index (κ3) is 3.62. The number of hydrogen-bond donors (Lipinski definition) is 4. The Morgan fingerprint density at radius 2 is 1.95 bits per heavy atom. The standard InChI is InChI=1S/C12H19FN2O5S/c1-3-12(6-16,7-17)15-21(18,19)8-4-9(13)11(20-2)10(14)5-8/h4-5,15-17H,3,6-7,14H2,1-2H3. The summed E-state index contributed by atoms with van der Waals surface area (Å²) >= 11 is 0. The predicted molar refractivity (Wildman–Crippen MR) is 74.9 cm³/mol. The molecule has 0 saturated carbocycles. The average molecular weight is 322 g/mol. The highest BCUT2D eigenvalue weighted by molar-refractivity contribution is 7.89. The van der Waals surface area contributed by atoms with E-state index in [9.17, 15) is 23.0 Å². The van der Waals surface area contributed by atoms with E-state index in [2.05, 4.69) is 4.72 Å². The van der Waals surface area contributed by atoms with Gasteiger partial charge in [-0.2, -0.15) is 0 Å². The molecule has 1 aromatic rings. The van der Waals surface area contributed by atoms with E-state index in [-0.39, 0.29) is 17.9 Å². The summed E-state index contributed by atoms with van der Waals surface area (Å²) in [7, 11) is -2.96. The number of nitrogens with one attached hydrogen (secondary N) is 1. The molecule has 0 aliphatic carbocycles. The van der Waals surface area contributed by atoms with Crippen molar-refractivity contribution in [3.05, 3.63) is 17.9 Å². The number of aliphatic hydroxyl groups is 2. The number of halogens is 1. The quantitative estimate of drug-likeness (QED) is 0.517. The van der Waals surface area contributed by atoms with Crippen LogP contribution < -0.4 is 15.2 Å². The lowest BCUT2D eigenvalue weighted by atomic mass is 10.0. The van der Waals surface area contributed by atoms with E-state index < -0.39 is 39.5 Å². The highest BCUT2D eigenvalue weighted by atomic mass is 32.2. The Hall–Kier alpha value is -1.42. The van der Waals surface area contributed by atoms with Crippen molar-refractivity contribution in [2.24, 2.45) is 0 Å². The van der Waals surface area contributed by atoms with Crippen molar-refractivity contribution in [3.63, 3.8) is 0 Å². The molecular weight excluding hydrogens is 303 g/mol. The molecule has 21 heavy (non-hydrogen) atoms. The van der Waals surface area contributed by atoms with Gasteiger partial charge in [0.05, 0.1) is 36.4 Å². The molecule has 120 valence electrons. The van der Waals surface area contributed by atoms with Crippen LogP contribution in [0.4, 0.5) is 10.1 Å².